The van der Waals surface area contributed by atoms with Crippen molar-refractivity contribution in [3.8, 4) is 11.3 Å². The lowest BCUT2D eigenvalue weighted by Gasteiger charge is -2.07. The van der Waals surface area contributed by atoms with Gasteiger partial charge in [0.25, 0.3) is 0 Å². The third-order valence-electron chi connectivity index (χ3n) is 2.34. The fraction of sp³-hybridized carbons (Fsp3) is 0.0833. The molecule has 2 aromatic rings. The van der Waals surface area contributed by atoms with Gasteiger partial charge in [-0.2, -0.15) is 13.2 Å². The lowest BCUT2D eigenvalue weighted by molar-refractivity contribution is -0.137. The van der Waals surface area contributed by atoms with Crippen LogP contribution >= 0.6 is 0 Å². The Bertz CT molecular complexity index is 543. The van der Waals surface area contributed by atoms with Crippen LogP contribution in [0.5, 0.6) is 0 Å². The van der Waals surface area contributed by atoms with E-state index in [2.05, 4.69) is 4.98 Å². The first-order valence-corrected chi connectivity index (χ1v) is 4.82. The van der Waals surface area contributed by atoms with Gasteiger partial charge >= 0.3 is 6.18 Å². The van der Waals surface area contributed by atoms with Gasteiger partial charge in [0.05, 0.1) is 11.3 Å². The molecule has 88 valence electrons. The topological polar surface area (TPSA) is 32.9 Å². The van der Waals surface area contributed by atoms with E-state index < -0.39 is 11.7 Å². The average molecular weight is 239 g/mol. The quantitative estimate of drug-likeness (QED) is 0.799. The molecule has 0 aliphatic carbocycles. The molecule has 17 heavy (non-hydrogen) atoms. The van der Waals surface area contributed by atoms with E-state index in [1.165, 1.54) is 12.1 Å². The van der Waals surface area contributed by atoms with E-state index in [4.69, 9.17) is 0 Å². The predicted octanol–water partition coefficient (Wildman–Crippen LogP) is 3.51. The Labute approximate surface area is 95.1 Å². The molecular formula is C12H8F3NO. The molecule has 0 atom stereocenters. The van der Waals surface area contributed by atoms with Gasteiger partial charge in [-0.15, -0.1) is 0 Å². The number of alkyl halides is 3. The van der Waals surface area contributed by atoms with Crippen molar-refractivity contribution in [3.05, 3.63) is 47.7 Å². The van der Waals surface area contributed by atoms with Gasteiger partial charge in [0.1, 0.15) is 0 Å². The molecule has 0 radical (unpaired) electrons. The Morgan fingerprint density at radius 1 is 1.12 bits per heavy atom. The van der Waals surface area contributed by atoms with Gasteiger partial charge in [-0.05, 0) is 29.8 Å². The summed E-state index contributed by atoms with van der Waals surface area (Å²) in [6.45, 7) is 0. The molecule has 0 amide bonds. The second kappa shape index (κ2) is 4.08. The Kier molecular flexibility index (Phi) is 2.75. The Morgan fingerprint density at radius 3 is 2.47 bits per heavy atom. The molecule has 0 spiro atoms. The van der Waals surface area contributed by atoms with Crippen molar-refractivity contribution in [2.24, 2.45) is 0 Å². The monoisotopic (exact) mass is 239 g/mol. The van der Waals surface area contributed by atoms with Gasteiger partial charge in [0, 0.05) is 5.69 Å². The number of aromatic nitrogens is 1. The van der Waals surface area contributed by atoms with E-state index in [1.54, 1.807) is 12.1 Å². The SMILES string of the molecule is O=Cc1ccc(-c2cccc(C(F)(F)F)c2)[nH]1. The van der Waals surface area contributed by atoms with E-state index in [1.807, 2.05) is 0 Å². The number of carbonyl (C=O) groups is 1. The molecule has 0 saturated heterocycles. The number of rotatable bonds is 2. The van der Waals surface area contributed by atoms with Crippen LogP contribution in [0.1, 0.15) is 16.1 Å². The number of aromatic amines is 1. The van der Waals surface area contributed by atoms with Gasteiger partial charge in [-0.1, -0.05) is 12.1 Å². The molecule has 0 unspecified atom stereocenters. The third-order valence-corrected chi connectivity index (χ3v) is 2.34. The van der Waals surface area contributed by atoms with Crippen molar-refractivity contribution in [3.63, 3.8) is 0 Å². The fourth-order valence-corrected chi connectivity index (χ4v) is 1.51. The van der Waals surface area contributed by atoms with Gasteiger partial charge in [-0.25, -0.2) is 0 Å². The molecule has 0 fully saturated rings. The van der Waals surface area contributed by atoms with E-state index >= 15 is 0 Å². The molecule has 0 aliphatic rings. The molecule has 1 aromatic heterocycles. The van der Waals surface area contributed by atoms with Crippen molar-refractivity contribution in [1.29, 1.82) is 0 Å². The molecule has 0 aliphatic heterocycles. The predicted molar refractivity (Wildman–Crippen MR) is 56.6 cm³/mol. The van der Waals surface area contributed by atoms with Gasteiger partial charge < -0.3 is 4.98 Å². The molecule has 0 bridgehead atoms. The molecule has 2 nitrogen and oxygen atoms in total. The number of nitrogens with one attached hydrogen (secondary N) is 1. The summed E-state index contributed by atoms with van der Waals surface area (Å²) in [5.74, 6) is 0. The number of carbonyl (C=O) groups excluding carboxylic acids is 1. The maximum absolute atomic E-state index is 12.5. The van der Waals surface area contributed by atoms with Crippen LogP contribution < -0.4 is 0 Å². The highest BCUT2D eigenvalue weighted by molar-refractivity contribution is 5.75. The number of aldehydes is 1. The highest BCUT2D eigenvalue weighted by atomic mass is 19.4. The summed E-state index contributed by atoms with van der Waals surface area (Å²) in [7, 11) is 0. The number of hydrogen-bond acceptors (Lipinski definition) is 1. The zero-order valence-corrected chi connectivity index (χ0v) is 8.58. The van der Waals surface area contributed by atoms with Crippen molar-refractivity contribution < 1.29 is 18.0 Å². The molecule has 2 rings (SSSR count). The summed E-state index contributed by atoms with van der Waals surface area (Å²) in [6, 6.07) is 8.02. The summed E-state index contributed by atoms with van der Waals surface area (Å²) in [5.41, 5.74) is 0.501. The first-order valence-electron chi connectivity index (χ1n) is 4.82. The highest BCUT2D eigenvalue weighted by Gasteiger charge is 2.30. The Balaban J connectivity index is 2.42. The molecular weight excluding hydrogens is 231 g/mol. The van der Waals surface area contributed by atoms with Gasteiger partial charge in [-0.3, -0.25) is 4.79 Å². The minimum Gasteiger partial charge on any atom is -0.352 e. The Hall–Kier alpha value is -2.04. The first-order chi connectivity index (χ1) is 8.00. The second-order valence-electron chi connectivity index (χ2n) is 3.52. The summed E-state index contributed by atoms with van der Waals surface area (Å²) >= 11 is 0. The van der Waals surface area contributed by atoms with Crippen molar-refractivity contribution in [1.82, 2.24) is 4.98 Å². The Morgan fingerprint density at radius 2 is 1.88 bits per heavy atom. The normalized spacial score (nSPS) is 11.5. The highest BCUT2D eigenvalue weighted by Crippen LogP contribution is 2.31. The molecule has 0 saturated carbocycles. The van der Waals surface area contributed by atoms with E-state index in [0.717, 1.165) is 12.1 Å². The van der Waals surface area contributed by atoms with Crippen LogP contribution in [-0.2, 0) is 6.18 Å². The van der Waals surface area contributed by atoms with Crippen LogP contribution in [0, 0.1) is 0 Å². The number of H-pyrrole nitrogens is 1. The second-order valence-corrected chi connectivity index (χ2v) is 3.52. The summed E-state index contributed by atoms with van der Waals surface area (Å²) < 4.78 is 37.5. The number of benzene rings is 1. The summed E-state index contributed by atoms with van der Waals surface area (Å²) in [5, 5.41) is 0. The zero-order chi connectivity index (χ0) is 12.5. The average Bonchev–Trinajstić information content (AvgIpc) is 2.76. The lowest BCUT2D eigenvalue weighted by atomic mass is 10.1. The van der Waals surface area contributed by atoms with Gasteiger partial charge in [0.15, 0.2) is 6.29 Å². The molecule has 1 N–H and O–H groups in total. The van der Waals surface area contributed by atoms with Crippen LogP contribution in [0.2, 0.25) is 0 Å². The summed E-state index contributed by atoms with van der Waals surface area (Å²) in [4.78, 5) is 13.2. The fourth-order valence-electron chi connectivity index (χ4n) is 1.51. The van der Waals surface area contributed by atoms with Crippen LogP contribution in [-0.4, -0.2) is 11.3 Å². The summed E-state index contributed by atoms with van der Waals surface area (Å²) in [6.07, 6.45) is -3.76. The maximum Gasteiger partial charge on any atom is 0.416 e. The van der Waals surface area contributed by atoms with E-state index in [-0.39, 0.29) is 0 Å². The van der Waals surface area contributed by atoms with E-state index in [9.17, 15) is 18.0 Å². The van der Waals surface area contributed by atoms with Crippen LogP contribution in [0.3, 0.4) is 0 Å². The standard InChI is InChI=1S/C12H8F3NO/c13-12(14,15)9-3-1-2-8(6-9)11-5-4-10(7-17)16-11/h1-7,16H. The van der Waals surface area contributed by atoms with Crippen molar-refractivity contribution >= 4 is 6.29 Å². The lowest BCUT2D eigenvalue weighted by Crippen LogP contribution is -2.04. The zero-order valence-electron chi connectivity index (χ0n) is 8.58. The number of hydrogen-bond donors (Lipinski definition) is 1. The van der Waals surface area contributed by atoms with Crippen LogP contribution in [0.25, 0.3) is 11.3 Å². The minimum atomic E-state index is -4.36. The van der Waals surface area contributed by atoms with E-state index in [0.29, 0.717) is 23.2 Å². The molecule has 1 aromatic carbocycles. The maximum atomic E-state index is 12.5. The van der Waals surface area contributed by atoms with Crippen molar-refractivity contribution in [2.75, 3.05) is 0 Å². The first kappa shape index (κ1) is 11.4. The van der Waals surface area contributed by atoms with Crippen LogP contribution in [0.4, 0.5) is 13.2 Å². The van der Waals surface area contributed by atoms with Gasteiger partial charge in [0.2, 0.25) is 0 Å². The molecule has 5 heteroatoms. The minimum absolute atomic E-state index is 0.331. The van der Waals surface area contributed by atoms with Crippen molar-refractivity contribution in [2.45, 2.75) is 6.18 Å². The number of halogens is 3. The van der Waals surface area contributed by atoms with Crippen LogP contribution in [0.15, 0.2) is 36.4 Å². The largest absolute Gasteiger partial charge is 0.416 e. The smallest absolute Gasteiger partial charge is 0.352 e. The third kappa shape index (κ3) is 2.38. The molecule has 1 heterocycles.